The van der Waals surface area contributed by atoms with Gasteiger partial charge in [-0.05, 0) is 61.0 Å². The van der Waals surface area contributed by atoms with Crippen molar-refractivity contribution in [2.45, 2.75) is 32.6 Å². The van der Waals surface area contributed by atoms with Crippen LogP contribution in [0.3, 0.4) is 0 Å². The van der Waals surface area contributed by atoms with Crippen molar-refractivity contribution in [3.05, 3.63) is 110 Å². The van der Waals surface area contributed by atoms with E-state index in [1.165, 1.54) is 47.9 Å². The topological polar surface area (TPSA) is 127 Å². The lowest BCUT2D eigenvalue weighted by molar-refractivity contribution is -0.385. The minimum absolute atomic E-state index is 0.143. The van der Waals surface area contributed by atoms with E-state index >= 15 is 0 Å². The zero-order valence-electron chi connectivity index (χ0n) is 24.8. The van der Waals surface area contributed by atoms with Gasteiger partial charge in [-0.1, -0.05) is 55.7 Å². The van der Waals surface area contributed by atoms with Crippen LogP contribution in [-0.2, 0) is 0 Å². The zero-order valence-corrected chi connectivity index (χ0v) is 25.6. The highest BCUT2D eigenvalue weighted by molar-refractivity contribution is 7.15. The average molecular weight is 623 g/mol. The molecule has 0 aliphatic heterocycles. The molecule has 45 heavy (non-hydrogen) atoms. The van der Waals surface area contributed by atoms with Crippen LogP contribution in [0.2, 0.25) is 0 Å². The maximum Gasteiger partial charge on any atom is 0.311 e. The molecule has 0 saturated carbocycles. The van der Waals surface area contributed by atoms with E-state index in [1.54, 1.807) is 23.0 Å². The smallest absolute Gasteiger partial charge is 0.311 e. The van der Waals surface area contributed by atoms with Crippen molar-refractivity contribution in [1.82, 2.24) is 24.4 Å². The van der Waals surface area contributed by atoms with Gasteiger partial charge in [-0.15, -0.1) is 5.10 Å². The van der Waals surface area contributed by atoms with Gasteiger partial charge in [-0.3, -0.25) is 14.9 Å². The molecule has 0 radical (unpaired) electrons. The standard InChI is InChI=1S/C33H30N6O5S/c1-3-4-5-9-18-44-26-15-12-22(13-16-26)31-34-33-38(36-31)32(40)29(45-33)20-24-21-37(25-10-7-6-8-11-25)35-30(24)23-14-17-28(43-2)27(19-23)39(41)42/h6-8,10-17,19-21H,3-5,9,18H2,1-2H3/b29-20-. The lowest BCUT2D eigenvalue weighted by atomic mass is 10.1. The van der Waals surface area contributed by atoms with E-state index in [4.69, 9.17) is 14.6 Å². The summed E-state index contributed by atoms with van der Waals surface area (Å²) in [6.45, 7) is 2.86. The minimum atomic E-state index is -0.498. The molecule has 0 aliphatic carbocycles. The molecular weight excluding hydrogens is 592 g/mol. The highest BCUT2D eigenvalue weighted by atomic mass is 32.1. The van der Waals surface area contributed by atoms with Gasteiger partial charge in [-0.2, -0.15) is 14.6 Å². The van der Waals surface area contributed by atoms with Crippen LogP contribution in [-0.4, -0.2) is 43.0 Å². The van der Waals surface area contributed by atoms with E-state index in [9.17, 15) is 14.9 Å². The van der Waals surface area contributed by atoms with Crippen LogP contribution in [0.15, 0.2) is 83.8 Å². The van der Waals surface area contributed by atoms with Crippen molar-refractivity contribution < 1.29 is 14.4 Å². The Balaban J connectivity index is 1.34. The van der Waals surface area contributed by atoms with Crippen LogP contribution < -0.4 is 19.6 Å². The SMILES string of the molecule is CCCCCCOc1ccc(-c2nc3s/c(=C\c4cn(-c5ccccc5)nc4-c4ccc(OC)c([N+](=O)[O-])c4)c(=O)n3n2)cc1. The number of methoxy groups -OCH3 is 1. The number of benzene rings is 3. The normalized spacial score (nSPS) is 11.7. The summed E-state index contributed by atoms with van der Waals surface area (Å²) in [6.07, 6.45) is 8.07. The number of nitro benzene ring substituents is 1. The Morgan fingerprint density at radius 3 is 2.47 bits per heavy atom. The molecule has 0 atom stereocenters. The van der Waals surface area contributed by atoms with Crippen molar-refractivity contribution >= 4 is 28.1 Å². The third-order valence-corrected chi connectivity index (χ3v) is 8.22. The van der Waals surface area contributed by atoms with Crippen molar-refractivity contribution in [2.24, 2.45) is 0 Å². The Labute approximate surface area is 262 Å². The number of fused-ring (bicyclic) bond motifs is 1. The van der Waals surface area contributed by atoms with Crippen molar-refractivity contribution in [3.8, 4) is 39.8 Å². The molecule has 3 aromatic heterocycles. The molecule has 0 aliphatic rings. The first-order chi connectivity index (χ1) is 21.9. The quantitative estimate of drug-likeness (QED) is 0.0911. The van der Waals surface area contributed by atoms with Crippen LogP contribution in [0.1, 0.15) is 38.2 Å². The lowest BCUT2D eigenvalue weighted by Gasteiger charge is -2.06. The number of nitro groups is 1. The van der Waals surface area contributed by atoms with Crippen LogP contribution in [0.5, 0.6) is 11.5 Å². The van der Waals surface area contributed by atoms with Gasteiger partial charge in [-0.25, -0.2) is 4.68 Å². The Morgan fingerprint density at radius 1 is 0.978 bits per heavy atom. The Hall–Kier alpha value is -5.36. The second kappa shape index (κ2) is 13.1. The van der Waals surface area contributed by atoms with E-state index in [2.05, 4.69) is 17.0 Å². The van der Waals surface area contributed by atoms with Gasteiger partial charge < -0.3 is 9.47 Å². The molecule has 6 aromatic rings. The molecular formula is C33H30N6O5S. The number of hydrogen-bond acceptors (Lipinski definition) is 9. The lowest BCUT2D eigenvalue weighted by Crippen LogP contribution is -2.23. The summed E-state index contributed by atoms with van der Waals surface area (Å²) >= 11 is 1.21. The average Bonchev–Trinajstić information content (AvgIpc) is 3.76. The summed E-state index contributed by atoms with van der Waals surface area (Å²) in [5.41, 5.74) is 2.65. The summed E-state index contributed by atoms with van der Waals surface area (Å²) in [5.74, 6) is 1.37. The fourth-order valence-corrected chi connectivity index (χ4v) is 5.83. The maximum absolute atomic E-state index is 13.5. The number of para-hydroxylation sites is 1. The number of aromatic nitrogens is 5. The summed E-state index contributed by atoms with van der Waals surface area (Å²) in [7, 11) is 1.38. The highest BCUT2D eigenvalue weighted by Gasteiger charge is 2.20. The first-order valence-electron chi connectivity index (χ1n) is 14.6. The summed E-state index contributed by atoms with van der Waals surface area (Å²) in [6, 6.07) is 21.7. The van der Waals surface area contributed by atoms with Gasteiger partial charge in [0.1, 0.15) is 11.4 Å². The van der Waals surface area contributed by atoms with Crippen molar-refractivity contribution in [3.63, 3.8) is 0 Å². The van der Waals surface area contributed by atoms with Gasteiger partial charge in [0.2, 0.25) is 4.96 Å². The Bertz CT molecular complexity index is 2070. The van der Waals surface area contributed by atoms with Crippen LogP contribution in [0, 0.1) is 10.1 Å². The number of unbranched alkanes of at least 4 members (excludes halogenated alkanes) is 3. The van der Waals surface area contributed by atoms with Gasteiger partial charge in [0.05, 0.1) is 28.9 Å². The monoisotopic (exact) mass is 622 g/mol. The molecule has 0 bridgehead atoms. The Kier molecular flexibility index (Phi) is 8.65. The molecule has 12 heteroatoms. The number of thiazole rings is 1. The van der Waals surface area contributed by atoms with E-state index in [1.807, 2.05) is 54.6 Å². The fourth-order valence-electron chi connectivity index (χ4n) is 4.93. The molecule has 0 saturated heterocycles. The highest BCUT2D eigenvalue weighted by Crippen LogP contribution is 2.33. The molecule has 0 fully saturated rings. The van der Waals surface area contributed by atoms with Gasteiger partial charge in [0.15, 0.2) is 11.6 Å². The van der Waals surface area contributed by atoms with E-state index in [-0.39, 0.29) is 17.0 Å². The molecule has 0 amide bonds. The fraction of sp³-hybridized carbons (Fsp3) is 0.212. The predicted molar refractivity (Wildman–Crippen MR) is 173 cm³/mol. The number of ether oxygens (including phenoxy) is 2. The number of rotatable bonds is 12. The van der Waals surface area contributed by atoms with E-state index in [0.717, 1.165) is 29.8 Å². The molecule has 228 valence electrons. The third kappa shape index (κ3) is 6.31. The summed E-state index contributed by atoms with van der Waals surface area (Å²) < 4.78 is 14.4. The van der Waals surface area contributed by atoms with E-state index in [0.29, 0.717) is 38.7 Å². The summed E-state index contributed by atoms with van der Waals surface area (Å²) in [5, 5.41) is 21.0. The largest absolute Gasteiger partial charge is 0.494 e. The number of hydrogen-bond donors (Lipinski definition) is 0. The second-order valence-electron chi connectivity index (χ2n) is 10.3. The van der Waals surface area contributed by atoms with Crippen LogP contribution in [0.25, 0.3) is 39.4 Å². The van der Waals surface area contributed by atoms with Gasteiger partial charge in [0, 0.05) is 29.0 Å². The van der Waals surface area contributed by atoms with Gasteiger partial charge >= 0.3 is 5.69 Å². The first-order valence-corrected chi connectivity index (χ1v) is 15.4. The molecule has 11 nitrogen and oxygen atoms in total. The zero-order chi connectivity index (χ0) is 31.3. The predicted octanol–water partition coefficient (Wildman–Crippen LogP) is 6.09. The van der Waals surface area contributed by atoms with E-state index < -0.39 is 4.92 Å². The molecule has 6 rings (SSSR count). The molecule has 0 unspecified atom stereocenters. The molecule has 3 aromatic carbocycles. The Morgan fingerprint density at radius 2 is 1.76 bits per heavy atom. The minimum Gasteiger partial charge on any atom is -0.494 e. The maximum atomic E-state index is 13.5. The summed E-state index contributed by atoms with van der Waals surface area (Å²) in [4.78, 5) is 29.8. The van der Waals surface area contributed by atoms with Crippen molar-refractivity contribution in [1.29, 1.82) is 0 Å². The van der Waals surface area contributed by atoms with Gasteiger partial charge in [0.25, 0.3) is 5.56 Å². The molecule has 3 heterocycles. The molecule has 0 N–H and O–H groups in total. The first kappa shape index (κ1) is 29.7. The third-order valence-electron chi connectivity index (χ3n) is 7.26. The van der Waals surface area contributed by atoms with Crippen molar-refractivity contribution in [2.75, 3.05) is 13.7 Å². The van der Waals surface area contributed by atoms with Crippen LogP contribution in [0.4, 0.5) is 5.69 Å². The second-order valence-corrected chi connectivity index (χ2v) is 11.3. The molecule has 0 spiro atoms. The number of nitrogens with zero attached hydrogens (tertiary/aromatic N) is 6. The van der Waals surface area contributed by atoms with Crippen LogP contribution >= 0.6 is 11.3 Å².